The third-order valence-electron chi connectivity index (χ3n) is 5.53. The highest BCUT2D eigenvalue weighted by Crippen LogP contribution is 2.39. The van der Waals surface area contributed by atoms with Gasteiger partial charge in [0.25, 0.3) is 5.91 Å². The minimum atomic E-state index is -0.963. The van der Waals surface area contributed by atoms with Crippen LogP contribution < -0.4 is 9.47 Å². The SMILES string of the molecule is CCOC(=O)C(c1ccccc1)N1C(=O)/C(=C/c2ccc(OCc3ccccc3Cl)c(OC)c2)SC1=S. The second kappa shape index (κ2) is 12.3. The Hall–Kier alpha value is -3.33. The minimum Gasteiger partial charge on any atom is -0.493 e. The summed E-state index contributed by atoms with van der Waals surface area (Å²) in [5.74, 6) is 0.145. The lowest BCUT2D eigenvalue weighted by atomic mass is 10.1. The van der Waals surface area contributed by atoms with E-state index in [-0.39, 0.29) is 23.4 Å². The summed E-state index contributed by atoms with van der Waals surface area (Å²) in [4.78, 5) is 28.0. The Labute approximate surface area is 230 Å². The van der Waals surface area contributed by atoms with Gasteiger partial charge in [-0.1, -0.05) is 90.2 Å². The van der Waals surface area contributed by atoms with Gasteiger partial charge in [-0.05, 0) is 42.3 Å². The molecule has 0 radical (unpaired) electrons. The van der Waals surface area contributed by atoms with E-state index in [1.807, 2.05) is 30.3 Å². The number of nitrogens with zero attached hydrogens (tertiary/aromatic N) is 1. The molecule has 1 aliphatic heterocycles. The molecule has 0 aliphatic carbocycles. The molecule has 1 fully saturated rings. The molecule has 0 aromatic heterocycles. The molecule has 1 atom stereocenters. The number of halogens is 1. The molecule has 1 heterocycles. The van der Waals surface area contributed by atoms with Crippen molar-refractivity contribution >= 4 is 57.9 Å². The lowest BCUT2D eigenvalue weighted by molar-refractivity contribution is -0.151. The first kappa shape index (κ1) is 26.7. The largest absolute Gasteiger partial charge is 0.493 e. The van der Waals surface area contributed by atoms with Crippen LogP contribution >= 0.6 is 35.6 Å². The third kappa shape index (κ3) is 6.15. The van der Waals surface area contributed by atoms with Crippen molar-refractivity contribution in [2.24, 2.45) is 0 Å². The lowest BCUT2D eigenvalue weighted by Crippen LogP contribution is -2.38. The molecule has 1 aliphatic rings. The van der Waals surface area contributed by atoms with Crippen molar-refractivity contribution in [2.45, 2.75) is 19.6 Å². The number of hydrogen-bond donors (Lipinski definition) is 0. The molecule has 0 saturated carbocycles. The zero-order chi connectivity index (χ0) is 26.4. The summed E-state index contributed by atoms with van der Waals surface area (Å²) in [6.45, 7) is 2.19. The van der Waals surface area contributed by atoms with Gasteiger partial charge in [-0.2, -0.15) is 0 Å². The van der Waals surface area contributed by atoms with Crippen LogP contribution in [-0.4, -0.2) is 34.8 Å². The van der Waals surface area contributed by atoms with Crippen LogP contribution in [0.1, 0.15) is 29.7 Å². The first-order valence-corrected chi connectivity index (χ1v) is 13.1. The van der Waals surface area contributed by atoms with E-state index >= 15 is 0 Å². The van der Waals surface area contributed by atoms with Gasteiger partial charge in [0.2, 0.25) is 0 Å². The molecule has 9 heteroatoms. The van der Waals surface area contributed by atoms with E-state index < -0.39 is 12.0 Å². The Morgan fingerprint density at radius 2 is 1.81 bits per heavy atom. The van der Waals surface area contributed by atoms with Gasteiger partial charge >= 0.3 is 5.97 Å². The van der Waals surface area contributed by atoms with Crippen molar-refractivity contribution < 1.29 is 23.8 Å². The Morgan fingerprint density at radius 1 is 1.08 bits per heavy atom. The second-order valence-corrected chi connectivity index (χ2v) is 9.99. The number of esters is 1. The molecule has 0 spiro atoms. The Bertz CT molecular complexity index is 1350. The van der Waals surface area contributed by atoms with E-state index in [1.165, 1.54) is 4.90 Å². The highest BCUT2D eigenvalue weighted by molar-refractivity contribution is 8.26. The average Bonchev–Trinajstić information content (AvgIpc) is 3.17. The fourth-order valence-corrected chi connectivity index (χ4v) is 5.27. The van der Waals surface area contributed by atoms with E-state index in [9.17, 15) is 9.59 Å². The predicted molar refractivity (Wildman–Crippen MR) is 150 cm³/mol. The molecular formula is C28H24ClNO5S2. The van der Waals surface area contributed by atoms with Crippen LogP contribution in [0.5, 0.6) is 11.5 Å². The smallest absolute Gasteiger partial charge is 0.333 e. The van der Waals surface area contributed by atoms with Gasteiger partial charge in [-0.25, -0.2) is 4.79 Å². The molecule has 3 aromatic rings. The molecule has 1 amide bonds. The van der Waals surface area contributed by atoms with Crippen LogP contribution in [0.4, 0.5) is 0 Å². The number of rotatable bonds is 9. The van der Waals surface area contributed by atoms with E-state index in [1.54, 1.807) is 62.6 Å². The summed E-state index contributed by atoms with van der Waals surface area (Å²) in [5.41, 5.74) is 2.20. The van der Waals surface area contributed by atoms with Crippen LogP contribution in [0.3, 0.4) is 0 Å². The molecule has 3 aromatic carbocycles. The number of amides is 1. The maximum atomic E-state index is 13.4. The van der Waals surface area contributed by atoms with Gasteiger partial charge in [0, 0.05) is 10.6 Å². The van der Waals surface area contributed by atoms with E-state index in [2.05, 4.69) is 0 Å². The Morgan fingerprint density at radius 3 is 2.51 bits per heavy atom. The van der Waals surface area contributed by atoms with E-state index in [0.29, 0.717) is 27.0 Å². The number of ether oxygens (including phenoxy) is 3. The summed E-state index contributed by atoms with van der Waals surface area (Å²) in [6, 6.07) is 20.8. The summed E-state index contributed by atoms with van der Waals surface area (Å²) >= 11 is 12.9. The van der Waals surface area contributed by atoms with Crippen molar-refractivity contribution in [3.8, 4) is 11.5 Å². The molecule has 37 heavy (non-hydrogen) atoms. The molecule has 0 N–H and O–H groups in total. The van der Waals surface area contributed by atoms with Crippen LogP contribution in [0, 0.1) is 0 Å². The number of methoxy groups -OCH3 is 1. The number of thiocarbonyl (C=S) groups is 1. The van der Waals surface area contributed by atoms with Gasteiger partial charge in [0.1, 0.15) is 10.9 Å². The summed E-state index contributed by atoms with van der Waals surface area (Å²) in [5, 5.41) is 0.622. The average molecular weight is 554 g/mol. The van der Waals surface area contributed by atoms with Crippen molar-refractivity contribution in [3.63, 3.8) is 0 Å². The maximum absolute atomic E-state index is 13.4. The number of carbonyl (C=O) groups is 2. The monoisotopic (exact) mass is 553 g/mol. The van der Waals surface area contributed by atoms with Gasteiger partial charge in [0.05, 0.1) is 18.6 Å². The lowest BCUT2D eigenvalue weighted by Gasteiger charge is -2.25. The number of benzene rings is 3. The van der Waals surface area contributed by atoms with Crippen LogP contribution in [0.2, 0.25) is 5.02 Å². The van der Waals surface area contributed by atoms with Crippen molar-refractivity contribution in [1.82, 2.24) is 4.90 Å². The van der Waals surface area contributed by atoms with Crippen LogP contribution in [0.25, 0.3) is 6.08 Å². The predicted octanol–water partition coefficient (Wildman–Crippen LogP) is 6.43. The molecule has 1 saturated heterocycles. The summed E-state index contributed by atoms with van der Waals surface area (Å²) in [6.07, 6.45) is 1.72. The molecule has 1 unspecified atom stereocenters. The zero-order valence-corrected chi connectivity index (χ0v) is 22.6. The van der Waals surface area contributed by atoms with Gasteiger partial charge in [-0.3, -0.25) is 9.69 Å². The first-order valence-electron chi connectivity index (χ1n) is 11.5. The van der Waals surface area contributed by atoms with Gasteiger partial charge in [0.15, 0.2) is 17.5 Å². The normalized spacial score (nSPS) is 15.1. The molecular weight excluding hydrogens is 530 g/mol. The Kier molecular flexibility index (Phi) is 8.87. The third-order valence-corrected chi connectivity index (χ3v) is 7.23. The zero-order valence-electron chi connectivity index (χ0n) is 20.2. The standard InChI is InChI=1S/C28H24ClNO5S2/c1-3-34-27(32)25(19-9-5-4-6-10-19)30-26(31)24(37-28(30)36)16-18-13-14-22(23(15-18)33-2)35-17-20-11-7-8-12-21(20)29/h4-16,25H,3,17H2,1-2H3/b24-16-. The fraction of sp³-hybridized carbons (Fsp3) is 0.179. The fourth-order valence-electron chi connectivity index (χ4n) is 3.77. The van der Waals surface area contributed by atoms with E-state index in [0.717, 1.165) is 22.9 Å². The highest BCUT2D eigenvalue weighted by Gasteiger charge is 2.42. The quantitative estimate of drug-likeness (QED) is 0.172. The maximum Gasteiger partial charge on any atom is 0.333 e. The number of carbonyl (C=O) groups excluding carboxylic acids is 2. The highest BCUT2D eigenvalue weighted by atomic mass is 35.5. The summed E-state index contributed by atoms with van der Waals surface area (Å²) < 4.78 is 17.0. The van der Waals surface area contributed by atoms with Crippen molar-refractivity contribution in [3.05, 3.63) is 99.4 Å². The van der Waals surface area contributed by atoms with Crippen molar-refractivity contribution in [1.29, 1.82) is 0 Å². The van der Waals surface area contributed by atoms with Gasteiger partial charge < -0.3 is 14.2 Å². The van der Waals surface area contributed by atoms with Gasteiger partial charge in [-0.15, -0.1) is 0 Å². The number of hydrogen-bond acceptors (Lipinski definition) is 7. The Balaban J connectivity index is 1.57. The second-order valence-electron chi connectivity index (χ2n) is 7.91. The molecule has 190 valence electrons. The van der Waals surface area contributed by atoms with E-state index in [4.69, 9.17) is 38.0 Å². The summed E-state index contributed by atoms with van der Waals surface area (Å²) in [7, 11) is 1.55. The van der Waals surface area contributed by atoms with Crippen LogP contribution in [0.15, 0.2) is 77.7 Å². The molecule has 6 nitrogen and oxygen atoms in total. The molecule has 0 bridgehead atoms. The van der Waals surface area contributed by atoms with Crippen LogP contribution in [-0.2, 0) is 20.9 Å². The van der Waals surface area contributed by atoms with Crippen molar-refractivity contribution in [2.75, 3.05) is 13.7 Å². The molecule has 4 rings (SSSR count). The number of thioether (sulfide) groups is 1. The first-order chi connectivity index (χ1) is 17.9. The minimum absolute atomic E-state index is 0.192. The topological polar surface area (TPSA) is 65.1 Å².